The summed E-state index contributed by atoms with van der Waals surface area (Å²) in [6.45, 7) is 1.95. The van der Waals surface area contributed by atoms with Gasteiger partial charge < -0.3 is 14.5 Å². The van der Waals surface area contributed by atoms with E-state index in [2.05, 4.69) is 5.32 Å². The molecule has 3 rings (SSSR count). The quantitative estimate of drug-likeness (QED) is 0.928. The molecule has 4 nitrogen and oxygen atoms in total. The van der Waals surface area contributed by atoms with Crippen molar-refractivity contribution in [3.63, 3.8) is 0 Å². The lowest BCUT2D eigenvalue weighted by Gasteiger charge is -2.25. The lowest BCUT2D eigenvalue weighted by Crippen LogP contribution is -2.35. The van der Waals surface area contributed by atoms with Gasteiger partial charge in [0.15, 0.2) is 11.3 Å². The van der Waals surface area contributed by atoms with Crippen LogP contribution in [0.5, 0.6) is 5.75 Å². The van der Waals surface area contributed by atoms with Gasteiger partial charge in [-0.1, -0.05) is 18.6 Å². The van der Waals surface area contributed by atoms with Crippen LogP contribution >= 0.6 is 0 Å². The van der Waals surface area contributed by atoms with Gasteiger partial charge in [-0.15, -0.1) is 0 Å². The van der Waals surface area contributed by atoms with Gasteiger partial charge in [0.25, 0.3) is 0 Å². The fourth-order valence-electron chi connectivity index (χ4n) is 2.50. The molecule has 2 aromatic rings. The molecule has 20 heavy (non-hydrogen) atoms. The molecule has 1 unspecified atom stereocenters. The topological polar surface area (TPSA) is 51.5 Å². The van der Waals surface area contributed by atoms with Crippen molar-refractivity contribution < 1.29 is 13.9 Å². The summed E-state index contributed by atoms with van der Waals surface area (Å²) in [6, 6.07) is 7.61. The summed E-state index contributed by atoms with van der Waals surface area (Å²) < 4.78 is 11.1. The van der Waals surface area contributed by atoms with Gasteiger partial charge in [-0.2, -0.15) is 0 Å². The Morgan fingerprint density at radius 3 is 2.90 bits per heavy atom. The van der Waals surface area contributed by atoms with Crippen LogP contribution in [0.3, 0.4) is 0 Å². The number of carbonyl (C=O) groups excluding carboxylic acids is 1. The van der Waals surface area contributed by atoms with Gasteiger partial charge in [0.05, 0.1) is 13.2 Å². The Hall–Kier alpha value is -1.97. The highest BCUT2D eigenvalue weighted by molar-refractivity contribution is 5.84. The highest BCUT2D eigenvalue weighted by Crippen LogP contribution is 2.32. The summed E-state index contributed by atoms with van der Waals surface area (Å²) in [7, 11) is 1.62. The Bertz CT molecular complexity index is 628. The molecule has 4 heteroatoms. The monoisotopic (exact) mass is 273 g/mol. The van der Waals surface area contributed by atoms with E-state index in [0.717, 1.165) is 36.0 Å². The molecule has 1 aliphatic carbocycles. The maximum Gasteiger partial charge on any atom is 0.223 e. The van der Waals surface area contributed by atoms with E-state index in [9.17, 15) is 4.79 Å². The fraction of sp³-hybridized carbons (Fsp3) is 0.438. The van der Waals surface area contributed by atoms with Crippen molar-refractivity contribution in [3.05, 3.63) is 30.0 Å². The molecular formula is C16H19NO3. The van der Waals surface area contributed by atoms with E-state index in [4.69, 9.17) is 9.15 Å². The zero-order valence-electron chi connectivity index (χ0n) is 11.8. The second-order valence-electron chi connectivity index (χ2n) is 5.39. The van der Waals surface area contributed by atoms with Crippen molar-refractivity contribution in [3.8, 4) is 5.75 Å². The number of carbonyl (C=O) groups is 1. The van der Waals surface area contributed by atoms with Crippen LogP contribution in [0.1, 0.15) is 38.0 Å². The molecule has 106 valence electrons. The highest BCUT2D eigenvalue weighted by atomic mass is 16.5. The first-order chi connectivity index (χ1) is 9.69. The number of hydrogen-bond donors (Lipinski definition) is 1. The predicted octanol–water partition coefficient (Wildman–Crippen LogP) is 3.42. The van der Waals surface area contributed by atoms with Gasteiger partial charge in [0, 0.05) is 11.3 Å². The number of furan rings is 1. The van der Waals surface area contributed by atoms with Crippen molar-refractivity contribution in [1.82, 2.24) is 5.32 Å². The number of hydrogen-bond acceptors (Lipinski definition) is 3. The molecule has 1 aromatic heterocycles. The van der Waals surface area contributed by atoms with Crippen LogP contribution in [0, 0.1) is 5.92 Å². The fourth-order valence-corrected chi connectivity index (χ4v) is 2.50. The zero-order valence-corrected chi connectivity index (χ0v) is 11.8. The molecule has 1 aromatic carbocycles. The maximum atomic E-state index is 12.0. The minimum Gasteiger partial charge on any atom is -0.493 e. The van der Waals surface area contributed by atoms with Crippen LogP contribution in [-0.2, 0) is 4.79 Å². The zero-order chi connectivity index (χ0) is 14.1. The van der Waals surface area contributed by atoms with E-state index >= 15 is 0 Å². The lowest BCUT2D eigenvalue weighted by molar-refractivity contribution is -0.128. The predicted molar refractivity (Wildman–Crippen MR) is 76.7 cm³/mol. The van der Waals surface area contributed by atoms with Gasteiger partial charge in [0.2, 0.25) is 5.91 Å². The van der Waals surface area contributed by atoms with Gasteiger partial charge in [0.1, 0.15) is 5.76 Å². The van der Waals surface area contributed by atoms with Gasteiger partial charge in [-0.3, -0.25) is 4.79 Å². The van der Waals surface area contributed by atoms with Gasteiger partial charge >= 0.3 is 0 Å². The molecule has 0 bridgehead atoms. The van der Waals surface area contributed by atoms with Crippen LogP contribution in [0.2, 0.25) is 0 Å². The summed E-state index contributed by atoms with van der Waals surface area (Å²) in [6.07, 6.45) is 3.17. The van der Waals surface area contributed by atoms with Crippen LogP contribution < -0.4 is 10.1 Å². The second-order valence-corrected chi connectivity index (χ2v) is 5.39. The Kier molecular flexibility index (Phi) is 3.38. The Morgan fingerprint density at radius 1 is 1.45 bits per heavy atom. The van der Waals surface area contributed by atoms with Crippen LogP contribution in [0.4, 0.5) is 0 Å². The van der Waals surface area contributed by atoms with Crippen molar-refractivity contribution in [2.75, 3.05) is 7.11 Å². The van der Waals surface area contributed by atoms with Gasteiger partial charge in [-0.25, -0.2) is 0 Å². The van der Waals surface area contributed by atoms with Crippen molar-refractivity contribution in [1.29, 1.82) is 0 Å². The summed E-state index contributed by atoms with van der Waals surface area (Å²) in [5, 5.41) is 4.01. The van der Waals surface area contributed by atoms with E-state index in [1.165, 1.54) is 0 Å². The third kappa shape index (κ3) is 2.26. The largest absolute Gasteiger partial charge is 0.493 e. The Morgan fingerprint density at radius 2 is 2.25 bits per heavy atom. The molecule has 1 N–H and O–H groups in total. The number of nitrogens with one attached hydrogen (secondary N) is 1. The van der Waals surface area contributed by atoms with E-state index in [1.54, 1.807) is 7.11 Å². The molecule has 1 amide bonds. The standard InChI is InChI=1S/C16H19NO3/c1-10(17-16(18)11-5-3-6-11)14-9-12-7-4-8-13(19-2)15(12)20-14/h4,7-11H,3,5-6H2,1-2H3,(H,17,18). The van der Waals surface area contributed by atoms with Gasteiger partial charge in [-0.05, 0) is 31.9 Å². The van der Waals surface area contributed by atoms with Crippen molar-refractivity contribution >= 4 is 16.9 Å². The Labute approximate surface area is 118 Å². The highest BCUT2D eigenvalue weighted by Gasteiger charge is 2.27. The summed E-state index contributed by atoms with van der Waals surface area (Å²) in [5.41, 5.74) is 0.731. The smallest absolute Gasteiger partial charge is 0.223 e. The molecule has 1 atom stereocenters. The molecule has 1 saturated carbocycles. The van der Waals surface area contributed by atoms with Crippen LogP contribution in [0.25, 0.3) is 11.0 Å². The number of rotatable bonds is 4. The number of para-hydroxylation sites is 1. The third-order valence-corrected chi connectivity index (χ3v) is 4.01. The van der Waals surface area contributed by atoms with E-state index in [0.29, 0.717) is 5.75 Å². The third-order valence-electron chi connectivity index (χ3n) is 4.01. The number of amides is 1. The SMILES string of the molecule is COc1cccc2cc(C(C)NC(=O)C3CCC3)oc12. The first kappa shape index (κ1) is 13.0. The van der Waals surface area contributed by atoms with E-state index in [-0.39, 0.29) is 17.9 Å². The second kappa shape index (κ2) is 5.19. The molecule has 1 aliphatic rings. The molecular weight excluding hydrogens is 254 g/mol. The van der Waals surface area contributed by atoms with Crippen LogP contribution in [-0.4, -0.2) is 13.0 Å². The number of methoxy groups -OCH3 is 1. The summed E-state index contributed by atoms with van der Waals surface area (Å²) in [4.78, 5) is 12.0. The normalized spacial score (nSPS) is 16.7. The average Bonchev–Trinajstić information content (AvgIpc) is 2.80. The first-order valence-corrected chi connectivity index (χ1v) is 7.06. The van der Waals surface area contributed by atoms with Crippen molar-refractivity contribution in [2.24, 2.45) is 5.92 Å². The van der Waals surface area contributed by atoms with Crippen LogP contribution in [0.15, 0.2) is 28.7 Å². The number of benzene rings is 1. The maximum absolute atomic E-state index is 12.0. The molecule has 0 saturated heterocycles. The Balaban J connectivity index is 1.80. The minimum absolute atomic E-state index is 0.125. The van der Waals surface area contributed by atoms with Crippen molar-refractivity contribution in [2.45, 2.75) is 32.2 Å². The molecule has 0 aliphatic heterocycles. The lowest BCUT2D eigenvalue weighted by atomic mass is 9.84. The summed E-state index contributed by atoms with van der Waals surface area (Å²) in [5.74, 6) is 1.80. The molecule has 1 heterocycles. The number of fused-ring (bicyclic) bond motifs is 1. The minimum atomic E-state index is -0.125. The van der Waals surface area contributed by atoms with E-state index in [1.807, 2.05) is 31.2 Å². The first-order valence-electron chi connectivity index (χ1n) is 7.06. The number of ether oxygens (including phenoxy) is 1. The molecule has 0 spiro atoms. The van der Waals surface area contributed by atoms with E-state index < -0.39 is 0 Å². The molecule has 0 radical (unpaired) electrons. The average molecular weight is 273 g/mol. The summed E-state index contributed by atoms with van der Waals surface area (Å²) >= 11 is 0. The molecule has 1 fully saturated rings.